The molecule has 1 aromatic heterocycles. The minimum absolute atomic E-state index is 0.0416. The van der Waals surface area contributed by atoms with Crippen molar-refractivity contribution in [1.82, 2.24) is 4.98 Å². The van der Waals surface area contributed by atoms with E-state index in [1.54, 1.807) is 6.20 Å². The van der Waals surface area contributed by atoms with Gasteiger partial charge in [0.25, 0.3) is 5.91 Å². The van der Waals surface area contributed by atoms with Crippen LogP contribution in [0.15, 0.2) is 47.6 Å². The molecule has 3 rings (SSSR count). The summed E-state index contributed by atoms with van der Waals surface area (Å²) in [6.45, 7) is 2.09. The Bertz CT molecular complexity index is 656. The molecule has 0 unspecified atom stereocenters. The van der Waals surface area contributed by atoms with E-state index in [1.165, 1.54) is 17.3 Å². The second kappa shape index (κ2) is 5.29. The zero-order valence-corrected chi connectivity index (χ0v) is 12.4. The van der Waals surface area contributed by atoms with E-state index in [-0.39, 0.29) is 11.9 Å². The highest BCUT2D eigenvalue weighted by Crippen LogP contribution is 2.34. The fourth-order valence-electron chi connectivity index (χ4n) is 2.72. The van der Waals surface area contributed by atoms with E-state index in [0.717, 1.165) is 17.1 Å². The number of hydrogen-bond donors (Lipinski definition) is 0. The van der Waals surface area contributed by atoms with E-state index in [9.17, 15) is 4.79 Å². The van der Waals surface area contributed by atoms with Gasteiger partial charge in [0, 0.05) is 17.9 Å². The summed E-state index contributed by atoms with van der Waals surface area (Å²) in [7, 11) is 0. The van der Waals surface area contributed by atoms with Crippen molar-refractivity contribution in [3.63, 3.8) is 0 Å². The van der Waals surface area contributed by atoms with Gasteiger partial charge in [-0.05, 0) is 43.4 Å². The van der Waals surface area contributed by atoms with Gasteiger partial charge >= 0.3 is 0 Å². The van der Waals surface area contributed by atoms with Crippen LogP contribution < -0.4 is 4.90 Å². The van der Waals surface area contributed by atoms with Crippen LogP contribution in [0.2, 0.25) is 0 Å². The third-order valence-electron chi connectivity index (χ3n) is 3.62. The molecule has 0 saturated heterocycles. The molecule has 0 fully saturated rings. The van der Waals surface area contributed by atoms with E-state index in [4.69, 9.17) is 0 Å². The maximum atomic E-state index is 12.9. The van der Waals surface area contributed by atoms with Gasteiger partial charge in [-0.3, -0.25) is 4.79 Å². The highest BCUT2D eigenvalue weighted by atomic mass is 32.2. The number of fused-ring (bicyclic) bond motifs is 1. The smallest absolute Gasteiger partial charge is 0.261 e. The first-order chi connectivity index (χ1) is 9.72. The molecule has 4 heteroatoms. The lowest BCUT2D eigenvalue weighted by molar-refractivity contribution is 0.0978. The summed E-state index contributed by atoms with van der Waals surface area (Å²) in [5, 5.41) is 0.786. The average Bonchev–Trinajstić information content (AvgIpc) is 2.82. The fourth-order valence-corrected chi connectivity index (χ4v) is 3.26. The van der Waals surface area contributed by atoms with Crippen LogP contribution in [0.25, 0.3) is 0 Å². The first-order valence-electron chi connectivity index (χ1n) is 6.63. The molecule has 1 aliphatic heterocycles. The van der Waals surface area contributed by atoms with Crippen molar-refractivity contribution < 1.29 is 4.79 Å². The molecule has 102 valence electrons. The Kier molecular flexibility index (Phi) is 3.49. The standard InChI is InChI=1S/C16H16N2OS/c1-11-10-12-6-3-4-8-14(12)18(11)16(19)13-7-5-9-17-15(13)20-2/h3-9,11H,10H2,1-2H3/t11-/m0/s1. The number of carbonyl (C=O) groups excluding carboxylic acids is 1. The molecule has 2 heterocycles. The van der Waals surface area contributed by atoms with Gasteiger partial charge in [-0.15, -0.1) is 11.8 Å². The summed E-state index contributed by atoms with van der Waals surface area (Å²) in [4.78, 5) is 19.1. The molecule has 1 aromatic carbocycles. The summed E-state index contributed by atoms with van der Waals surface area (Å²) in [6.07, 6.45) is 4.58. The highest BCUT2D eigenvalue weighted by Gasteiger charge is 2.32. The molecule has 0 saturated carbocycles. The lowest BCUT2D eigenvalue weighted by Gasteiger charge is -2.23. The van der Waals surface area contributed by atoms with Crippen molar-refractivity contribution >= 4 is 23.4 Å². The molecule has 0 N–H and O–H groups in total. The van der Waals surface area contributed by atoms with E-state index in [2.05, 4.69) is 18.0 Å². The lowest BCUT2D eigenvalue weighted by Crippen LogP contribution is -2.36. The Labute approximate surface area is 123 Å². The number of pyridine rings is 1. The normalized spacial score (nSPS) is 17.1. The Morgan fingerprint density at radius 2 is 2.10 bits per heavy atom. The van der Waals surface area contributed by atoms with Crippen LogP contribution in [0.4, 0.5) is 5.69 Å². The number of nitrogens with zero attached hydrogens (tertiary/aromatic N) is 2. The molecule has 20 heavy (non-hydrogen) atoms. The number of thioether (sulfide) groups is 1. The summed E-state index contributed by atoms with van der Waals surface area (Å²) in [5.41, 5.74) is 2.95. The van der Waals surface area contributed by atoms with Crippen LogP contribution in [0, 0.1) is 0 Å². The first kappa shape index (κ1) is 13.2. The third kappa shape index (κ3) is 2.10. The molecule has 1 atom stereocenters. The van der Waals surface area contributed by atoms with Crippen LogP contribution in [-0.4, -0.2) is 23.2 Å². The molecule has 1 aliphatic rings. The molecule has 0 bridgehead atoms. The molecule has 0 radical (unpaired) electrons. The Morgan fingerprint density at radius 1 is 1.30 bits per heavy atom. The van der Waals surface area contributed by atoms with Gasteiger partial charge in [0.15, 0.2) is 0 Å². The van der Waals surface area contributed by atoms with Crippen LogP contribution in [0.5, 0.6) is 0 Å². The predicted molar refractivity (Wildman–Crippen MR) is 82.4 cm³/mol. The van der Waals surface area contributed by atoms with Gasteiger partial charge in [-0.2, -0.15) is 0 Å². The fraction of sp³-hybridized carbons (Fsp3) is 0.250. The van der Waals surface area contributed by atoms with Gasteiger partial charge < -0.3 is 4.90 Å². The molecule has 1 amide bonds. The maximum absolute atomic E-state index is 12.9. The molecule has 0 spiro atoms. The molecular weight excluding hydrogens is 268 g/mol. The number of hydrogen-bond acceptors (Lipinski definition) is 3. The van der Waals surface area contributed by atoms with Gasteiger partial charge in [0.1, 0.15) is 5.03 Å². The van der Waals surface area contributed by atoms with Crippen molar-refractivity contribution in [1.29, 1.82) is 0 Å². The number of anilines is 1. The summed E-state index contributed by atoms with van der Waals surface area (Å²) in [5.74, 6) is 0.0416. The largest absolute Gasteiger partial charge is 0.305 e. The SMILES string of the molecule is CSc1ncccc1C(=O)N1c2ccccc2C[C@@H]1C. The number of para-hydroxylation sites is 1. The number of amides is 1. The van der Waals surface area contributed by atoms with Gasteiger partial charge in [-0.1, -0.05) is 18.2 Å². The summed E-state index contributed by atoms with van der Waals surface area (Å²) >= 11 is 1.51. The zero-order chi connectivity index (χ0) is 14.1. The molecule has 3 nitrogen and oxygen atoms in total. The monoisotopic (exact) mass is 284 g/mol. The van der Waals surface area contributed by atoms with Crippen molar-refractivity contribution in [3.05, 3.63) is 53.7 Å². The quantitative estimate of drug-likeness (QED) is 0.793. The number of carbonyl (C=O) groups is 1. The Hall–Kier alpha value is -1.81. The predicted octanol–water partition coefficient (Wildman–Crippen LogP) is 3.39. The van der Waals surface area contributed by atoms with Crippen molar-refractivity contribution in [2.24, 2.45) is 0 Å². The highest BCUT2D eigenvalue weighted by molar-refractivity contribution is 7.98. The number of aromatic nitrogens is 1. The van der Waals surface area contributed by atoms with E-state index in [1.807, 2.05) is 41.5 Å². The zero-order valence-electron chi connectivity index (χ0n) is 11.5. The number of rotatable bonds is 2. The lowest BCUT2D eigenvalue weighted by atomic mass is 10.1. The summed E-state index contributed by atoms with van der Waals surface area (Å²) < 4.78 is 0. The number of benzene rings is 1. The summed E-state index contributed by atoms with van der Waals surface area (Å²) in [6, 6.07) is 12.0. The van der Waals surface area contributed by atoms with Crippen LogP contribution >= 0.6 is 11.8 Å². The molecule has 0 aliphatic carbocycles. The van der Waals surface area contributed by atoms with Crippen molar-refractivity contribution in [3.8, 4) is 0 Å². The van der Waals surface area contributed by atoms with Crippen LogP contribution in [0.3, 0.4) is 0 Å². The maximum Gasteiger partial charge on any atom is 0.261 e. The van der Waals surface area contributed by atoms with Gasteiger partial charge in [0.05, 0.1) is 5.56 Å². The van der Waals surface area contributed by atoms with E-state index < -0.39 is 0 Å². The second-order valence-corrected chi connectivity index (χ2v) is 5.71. The van der Waals surface area contributed by atoms with Crippen molar-refractivity contribution in [2.75, 3.05) is 11.2 Å². The van der Waals surface area contributed by atoms with E-state index >= 15 is 0 Å². The third-order valence-corrected chi connectivity index (χ3v) is 4.33. The van der Waals surface area contributed by atoms with Gasteiger partial charge in [0.2, 0.25) is 0 Å². The molecular formula is C16H16N2OS. The average molecular weight is 284 g/mol. The molecule has 2 aromatic rings. The first-order valence-corrected chi connectivity index (χ1v) is 7.85. The topological polar surface area (TPSA) is 33.2 Å². The Morgan fingerprint density at radius 3 is 2.90 bits per heavy atom. The Balaban J connectivity index is 2.03. The van der Waals surface area contributed by atoms with Gasteiger partial charge in [-0.25, -0.2) is 4.98 Å². The van der Waals surface area contributed by atoms with Crippen LogP contribution in [-0.2, 0) is 6.42 Å². The van der Waals surface area contributed by atoms with Crippen molar-refractivity contribution in [2.45, 2.75) is 24.4 Å². The second-order valence-electron chi connectivity index (χ2n) is 4.92. The van der Waals surface area contributed by atoms with Crippen LogP contribution in [0.1, 0.15) is 22.8 Å². The van der Waals surface area contributed by atoms with E-state index in [0.29, 0.717) is 5.56 Å². The minimum Gasteiger partial charge on any atom is -0.305 e. The minimum atomic E-state index is 0.0416.